The van der Waals surface area contributed by atoms with Crippen LogP contribution in [0.25, 0.3) is 0 Å². The first kappa shape index (κ1) is 21.5. The number of ether oxygens (including phenoxy) is 1. The molecule has 3 aromatic rings. The van der Waals surface area contributed by atoms with Crippen LogP contribution in [0.15, 0.2) is 65.8 Å². The molecule has 0 radical (unpaired) electrons. The first-order valence-electron chi connectivity index (χ1n) is 10.5. The average molecular weight is 441 g/mol. The maximum absolute atomic E-state index is 12.3. The molecule has 164 valence electrons. The largest absolute Gasteiger partial charge is 0.492 e. The monoisotopic (exact) mass is 440 g/mol. The molecule has 1 aliphatic rings. The molecule has 4 rings (SSSR count). The van der Waals surface area contributed by atoms with Crippen LogP contribution in [0.2, 0.25) is 0 Å². The van der Waals surface area contributed by atoms with Gasteiger partial charge in [-0.15, -0.1) is 0 Å². The maximum atomic E-state index is 12.3. The Balaban J connectivity index is 1.39. The summed E-state index contributed by atoms with van der Waals surface area (Å²) in [4.78, 5) is 0.148. The number of nitrogens with zero attached hydrogens (tertiary/aromatic N) is 2. The topological polar surface area (TPSA) is 85.2 Å². The van der Waals surface area contributed by atoms with Gasteiger partial charge in [0.25, 0.3) is 0 Å². The van der Waals surface area contributed by atoms with Crippen molar-refractivity contribution in [3.8, 4) is 5.75 Å². The van der Waals surface area contributed by atoms with Crippen molar-refractivity contribution in [2.45, 2.75) is 30.2 Å². The number of benzene rings is 2. The molecule has 0 aliphatic carbocycles. The molecule has 0 amide bonds. The lowest BCUT2D eigenvalue weighted by Crippen LogP contribution is -2.28. The first-order valence-corrected chi connectivity index (χ1v) is 12.0. The predicted octanol–water partition coefficient (Wildman–Crippen LogP) is 2.60. The molecule has 0 bridgehead atoms. The minimum Gasteiger partial charge on any atom is -0.492 e. The van der Waals surface area contributed by atoms with E-state index in [4.69, 9.17) is 4.74 Å². The lowest BCUT2D eigenvalue weighted by molar-refractivity contribution is 0.322. The van der Waals surface area contributed by atoms with Crippen LogP contribution in [0, 0.1) is 0 Å². The number of nitrogens with one attached hydrogen (secondary N) is 2. The second-order valence-electron chi connectivity index (χ2n) is 7.76. The van der Waals surface area contributed by atoms with Crippen LogP contribution in [0.3, 0.4) is 0 Å². The molecule has 0 saturated heterocycles. The molecular weight excluding hydrogens is 412 g/mol. The van der Waals surface area contributed by atoms with Gasteiger partial charge in [0.2, 0.25) is 10.0 Å². The third-order valence-corrected chi connectivity index (χ3v) is 6.86. The zero-order valence-corrected chi connectivity index (χ0v) is 18.4. The van der Waals surface area contributed by atoms with E-state index in [1.165, 1.54) is 33.8 Å². The minimum atomic E-state index is -3.58. The minimum absolute atomic E-state index is 0.148. The summed E-state index contributed by atoms with van der Waals surface area (Å²) in [6.45, 7) is 1.41. The van der Waals surface area contributed by atoms with Crippen molar-refractivity contribution in [1.82, 2.24) is 19.8 Å². The van der Waals surface area contributed by atoms with Gasteiger partial charge in [-0.2, -0.15) is 5.10 Å². The summed E-state index contributed by atoms with van der Waals surface area (Å²) >= 11 is 0. The van der Waals surface area contributed by atoms with Crippen molar-refractivity contribution >= 4 is 10.0 Å². The van der Waals surface area contributed by atoms with Gasteiger partial charge in [0, 0.05) is 25.8 Å². The fraction of sp³-hybridized carbons (Fsp3) is 0.348. The molecule has 31 heavy (non-hydrogen) atoms. The molecular formula is C23H28N4O3S. The standard InChI is InChI=1S/C23H28N4O3S/c1-27-17-21(16-25-27)31(28,29)26-12-13-30-20-10-9-19-8-5-11-24-23(22(19)15-20)14-18-6-3-2-4-7-18/h2-4,6-7,9-10,15-17,23-24,26H,5,8,11-14H2,1H3. The highest BCUT2D eigenvalue weighted by molar-refractivity contribution is 7.89. The summed E-state index contributed by atoms with van der Waals surface area (Å²) in [7, 11) is -1.90. The van der Waals surface area contributed by atoms with Crippen LogP contribution in [-0.4, -0.2) is 37.9 Å². The van der Waals surface area contributed by atoms with E-state index in [1.807, 2.05) is 12.1 Å². The van der Waals surface area contributed by atoms with Gasteiger partial charge in [0.15, 0.2) is 0 Å². The van der Waals surface area contributed by atoms with Gasteiger partial charge in [0.1, 0.15) is 17.3 Å². The van der Waals surface area contributed by atoms with E-state index < -0.39 is 10.0 Å². The summed E-state index contributed by atoms with van der Waals surface area (Å²) in [5, 5.41) is 7.57. The summed E-state index contributed by atoms with van der Waals surface area (Å²) in [6.07, 6.45) is 5.86. The number of hydrogen-bond donors (Lipinski definition) is 2. The highest BCUT2D eigenvalue weighted by Crippen LogP contribution is 2.29. The van der Waals surface area contributed by atoms with Crippen LogP contribution in [0.1, 0.15) is 29.2 Å². The van der Waals surface area contributed by atoms with Gasteiger partial charge >= 0.3 is 0 Å². The molecule has 0 saturated carbocycles. The van der Waals surface area contributed by atoms with Crippen LogP contribution in [-0.2, 0) is 29.9 Å². The summed E-state index contributed by atoms with van der Waals surface area (Å²) in [6, 6.07) is 16.9. The lowest BCUT2D eigenvalue weighted by atomic mass is 9.94. The Morgan fingerprint density at radius 1 is 1.23 bits per heavy atom. The summed E-state index contributed by atoms with van der Waals surface area (Å²) < 4.78 is 34.4. The highest BCUT2D eigenvalue weighted by Gasteiger charge is 2.20. The van der Waals surface area contributed by atoms with Crippen LogP contribution < -0.4 is 14.8 Å². The Morgan fingerprint density at radius 3 is 2.84 bits per heavy atom. The van der Waals surface area contributed by atoms with E-state index in [1.54, 1.807) is 7.05 Å². The summed E-state index contributed by atoms with van der Waals surface area (Å²) in [5.41, 5.74) is 3.90. The van der Waals surface area contributed by atoms with E-state index >= 15 is 0 Å². The van der Waals surface area contributed by atoms with Gasteiger partial charge in [-0.05, 0) is 54.6 Å². The Morgan fingerprint density at radius 2 is 2.06 bits per heavy atom. The Kier molecular flexibility index (Phi) is 6.70. The molecule has 2 heterocycles. The van der Waals surface area contributed by atoms with Gasteiger partial charge in [0.05, 0.1) is 6.20 Å². The van der Waals surface area contributed by atoms with Gasteiger partial charge in [-0.25, -0.2) is 13.1 Å². The highest BCUT2D eigenvalue weighted by atomic mass is 32.2. The van der Waals surface area contributed by atoms with E-state index in [-0.39, 0.29) is 24.1 Å². The van der Waals surface area contributed by atoms with Crippen molar-refractivity contribution in [1.29, 1.82) is 0 Å². The number of rotatable bonds is 8. The Labute approximate surface area is 183 Å². The second-order valence-corrected chi connectivity index (χ2v) is 9.52. The zero-order valence-electron chi connectivity index (χ0n) is 17.6. The third-order valence-electron chi connectivity index (χ3n) is 5.44. The number of sulfonamides is 1. The molecule has 1 unspecified atom stereocenters. The van der Waals surface area contributed by atoms with Crippen molar-refractivity contribution in [2.24, 2.45) is 7.05 Å². The Hall–Kier alpha value is -2.68. The fourth-order valence-electron chi connectivity index (χ4n) is 3.88. The van der Waals surface area contributed by atoms with E-state index in [0.29, 0.717) is 0 Å². The average Bonchev–Trinajstić information content (AvgIpc) is 3.12. The van der Waals surface area contributed by atoms with Crippen LogP contribution in [0.4, 0.5) is 0 Å². The van der Waals surface area contributed by atoms with Gasteiger partial charge < -0.3 is 10.1 Å². The number of aryl methyl sites for hydroxylation is 2. The SMILES string of the molecule is Cn1cc(S(=O)(=O)NCCOc2ccc3c(c2)C(Cc2ccccc2)NCCC3)cn1. The zero-order chi connectivity index (χ0) is 21.7. The van der Waals surface area contributed by atoms with Crippen LogP contribution >= 0.6 is 0 Å². The Bertz CT molecular complexity index is 1110. The fourth-order valence-corrected chi connectivity index (χ4v) is 4.87. The number of fused-ring (bicyclic) bond motifs is 1. The molecule has 1 aromatic heterocycles. The lowest BCUT2D eigenvalue weighted by Gasteiger charge is -2.20. The maximum Gasteiger partial charge on any atom is 0.243 e. The normalized spacial score (nSPS) is 16.5. The molecule has 0 fully saturated rings. The quantitative estimate of drug-likeness (QED) is 0.526. The molecule has 0 spiro atoms. The van der Waals surface area contributed by atoms with Crippen LogP contribution in [0.5, 0.6) is 5.75 Å². The smallest absolute Gasteiger partial charge is 0.243 e. The molecule has 2 N–H and O–H groups in total. The number of hydrogen-bond acceptors (Lipinski definition) is 5. The van der Waals surface area contributed by atoms with Crippen molar-refractivity contribution in [3.05, 3.63) is 77.6 Å². The van der Waals surface area contributed by atoms with Crippen molar-refractivity contribution < 1.29 is 13.2 Å². The molecule has 1 aliphatic heterocycles. The van der Waals surface area contributed by atoms with E-state index in [2.05, 4.69) is 51.5 Å². The first-order chi connectivity index (χ1) is 15.0. The third kappa shape index (κ3) is 5.52. The summed E-state index contributed by atoms with van der Waals surface area (Å²) in [5.74, 6) is 0.751. The molecule has 8 heteroatoms. The predicted molar refractivity (Wildman–Crippen MR) is 120 cm³/mol. The van der Waals surface area contributed by atoms with Gasteiger partial charge in [-0.1, -0.05) is 36.4 Å². The van der Waals surface area contributed by atoms with Gasteiger partial charge in [-0.3, -0.25) is 4.68 Å². The molecule has 2 aromatic carbocycles. The molecule has 1 atom stereocenters. The van der Waals surface area contributed by atoms with E-state index in [9.17, 15) is 8.42 Å². The van der Waals surface area contributed by atoms with Crippen molar-refractivity contribution in [3.63, 3.8) is 0 Å². The molecule has 7 nitrogen and oxygen atoms in total. The van der Waals surface area contributed by atoms with Crippen molar-refractivity contribution in [2.75, 3.05) is 19.7 Å². The van der Waals surface area contributed by atoms with E-state index in [0.717, 1.165) is 31.6 Å². The second kappa shape index (κ2) is 9.64. The number of aromatic nitrogens is 2.